The first-order chi connectivity index (χ1) is 8.50. The Hall–Kier alpha value is -1.33. The number of hydrogen-bond donors (Lipinski definition) is 0. The molecule has 0 fully saturated rings. The van der Waals surface area contributed by atoms with Crippen LogP contribution < -0.4 is 11.2 Å². The van der Waals surface area contributed by atoms with Crippen molar-refractivity contribution in [1.82, 2.24) is 9.13 Å². The molecular formula is C12H10BrClN2O2. The van der Waals surface area contributed by atoms with E-state index in [1.54, 1.807) is 0 Å². The largest absolute Gasteiger partial charge is 0.332 e. The van der Waals surface area contributed by atoms with E-state index in [1.807, 2.05) is 24.3 Å². The molecule has 18 heavy (non-hydrogen) atoms. The van der Waals surface area contributed by atoms with E-state index >= 15 is 0 Å². The van der Waals surface area contributed by atoms with Gasteiger partial charge in [0.15, 0.2) is 0 Å². The summed E-state index contributed by atoms with van der Waals surface area (Å²) in [6.45, 7) is 0.313. The van der Waals surface area contributed by atoms with Crippen LogP contribution in [0.4, 0.5) is 0 Å². The molecule has 94 valence electrons. The highest BCUT2D eigenvalue weighted by atomic mass is 79.9. The quantitative estimate of drug-likeness (QED) is 0.791. The summed E-state index contributed by atoms with van der Waals surface area (Å²) in [7, 11) is 1.43. The van der Waals surface area contributed by atoms with Crippen LogP contribution in [0.3, 0.4) is 0 Å². The average molecular weight is 330 g/mol. The molecule has 0 amide bonds. The summed E-state index contributed by atoms with van der Waals surface area (Å²) in [4.78, 5) is 23.3. The minimum absolute atomic E-state index is 0.138. The second-order valence-corrected chi connectivity index (χ2v) is 5.07. The van der Waals surface area contributed by atoms with Crippen LogP contribution in [-0.4, -0.2) is 9.13 Å². The standard InChI is InChI=1S/C12H10BrClN2O2/c1-15-11(17)6-10(14)16(12(15)18)7-8-4-2-3-5-9(8)13/h2-6H,7H2,1H3. The van der Waals surface area contributed by atoms with Crippen molar-refractivity contribution in [2.45, 2.75) is 6.54 Å². The molecule has 0 saturated heterocycles. The Morgan fingerprint density at radius 3 is 2.61 bits per heavy atom. The first-order valence-corrected chi connectivity index (χ1v) is 6.37. The van der Waals surface area contributed by atoms with Crippen molar-refractivity contribution in [2.24, 2.45) is 7.05 Å². The van der Waals surface area contributed by atoms with Crippen molar-refractivity contribution in [3.05, 3.63) is 66.4 Å². The predicted molar refractivity (Wildman–Crippen MR) is 74.2 cm³/mol. The SMILES string of the molecule is Cn1c(=O)cc(Cl)n(Cc2ccccc2Br)c1=O. The van der Waals surface area contributed by atoms with Crippen LogP contribution in [0.25, 0.3) is 0 Å². The molecule has 6 heteroatoms. The highest BCUT2D eigenvalue weighted by molar-refractivity contribution is 9.10. The van der Waals surface area contributed by atoms with Crippen LogP contribution in [0.2, 0.25) is 5.15 Å². The summed E-state index contributed by atoms with van der Waals surface area (Å²) < 4.78 is 3.27. The number of aromatic nitrogens is 2. The summed E-state index contributed by atoms with van der Waals surface area (Å²) in [6.07, 6.45) is 0. The molecule has 1 heterocycles. The van der Waals surface area contributed by atoms with Crippen LogP contribution in [0.15, 0.2) is 44.4 Å². The molecule has 0 radical (unpaired) electrons. The highest BCUT2D eigenvalue weighted by Gasteiger charge is 2.09. The summed E-state index contributed by atoms with van der Waals surface area (Å²) in [6, 6.07) is 8.77. The van der Waals surface area contributed by atoms with Crippen molar-refractivity contribution in [3.63, 3.8) is 0 Å². The summed E-state index contributed by atoms with van der Waals surface area (Å²) in [5.41, 5.74) is 0.0804. The van der Waals surface area contributed by atoms with Gasteiger partial charge in [0.1, 0.15) is 5.15 Å². The van der Waals surface area contributed by atoms with Gasteiger partial charge >= 0.3 is 5.69 Å². The molecule has 0 bridgehead atoms. The lowest BCUT2D eigenvalue weighted by Crippen LogP contribution is -2.38. The summed E-state index contributed by atoms with van der Waals surface area (Å²) in [5.74, 6) is 0. The van der Waals surface area contributed by atoms with Gasteiger partial charge in [-0.1, -0.05) is 45.7 Å². The molecule has 1 aromatic carbocycles. The third kappa shape index (κ3) is 2.42. The van der Waals surface area contributed by atoms with E-state index in [9.17, 15) is 9.59 Å². The van der Waals surface area contributed by atoms with Crippen molar-refractivity contribution in [1.29, 1.82) is 0 Å². The smallest absolute Gasteiger partial charge is 0.279 e. The summed E-state index contributed by atoms with van der Waals surface area (Å²) >= 11 is 9.35. The number of benzene rings is 1. The zero-order chi connectivity index (χ0) is 13.3. The van der Waals surface area contributed by atoms with Crippen LogP contribution in [-0.2, 0) is 13.6 Å². The first-order valence-electron chi connectivity index (χ1n) is 5.20. The Morgan fingerprint density at radius 1 is 1.28 bits per heavy atom. The molecule has 0 saturated carbocycles. The number of nitrogens with zero attached hydrogens (tertiary/aromatic N) is 2. The zero-order valence-corrected chi connectivity index (χ0v) is 11.9. The predicted octanol–water partition coefficient (Wildman–Crippen LogP) is 2.01. The van der Waals surface area contributed by atoms with Crippen LogP contribution in [0.5, 0.6) is 0 Å². The lowest BCUT2D eigenvalue weighted by molar-refractivity contribution is 0.645. The highest BCUT2D eigenvalue weighted by Crippen LogP contribution is 2.17. The monoisotopic (exact) mass is 328 g/mol. The lowest BCUT2D eigenvalue weighted by Gasteiger charge is -2.10. The van der Waals surface area contributed by atoms with Crippen molar-refractivity contribution < 1.29 is 0 Å². The Bertz CT molecular complexity index is 706. The van der Waals surface area contributed by atoms with Crippen LogP contribution in [0.1, 0.15) is 5.56 Å². The Labute approximate surface area is 117 Å². The topological polar surface area (TPSA) is 44.0 Å². The molecular weight excluding hydrogens is 320 g/mol. The molecule has 0 atom stereocenters. The Morgan fingerprint density at radius 2 is 1.94 bits per heavy atom. The molecule has 1 aromatic heterocycles. The molecule has 2 aromatic rings. The summed E-state index contributed by atoms with van der Waals surface area (Å²) in [5, 5.41) is 0.138. The van der Waals surface area contributed by atoms with Crippen LogP contribution >= 0.6 is 27.5 Å². The van der Waals surface area contributed by atoms with E-state index in [2.05, 4.69) is 15.9 Å². The van der Waals surface area contributed by atoms with E-state index in [0.717, 1.165) is 14.6 Å². The molecule has 4 nitrogen and oxygen atoms in total. The van der Waals surface area contributed by atoms with Gasteiger partial charge in [0, 0.05) is 17.6 Å². The molecule has 0 N–H and O–H groups in total. The fraction of sp³-hybridized carbons (Fsp3) is 0.167. The second-order valence-electron chi connectivity index (χ2n) is 3.82. The third-order valence-electron chi connectivity index (χ3n) is 2.64. The van der Waals surface area contributed by atoms with Gasteiger partial charge in [0.2, 0.25) is 0 Å². The van der Waals surface area contributed by atoms with Gasteiger partial charge < -0.3 is 0 Å². The average Bonchev–Trinajstić information content (AvgIpc) is 2.34. The van der Waals surface area contributed by atoms with Crippen LogP contribution in [0, 0.1) is 0 Å². The maximum Gasteiger partial charge on any atom is 0.332 e. The number of halogens is 2. The first kappa shape index (κ1) is 13.1. The molecule has 0 aliphatic heterocycles. The maximum absolute atomic E-state index is 12.0. The van der Waals surface area contributed by atoms with E-state index in [1.165, 1.54) is 17.7 Å². The number of hydrogen-bond acceptors (Lipinski definition) is 2. The minimum Gasteiger partial charge on any atom is -0.279 e. The zero-order valence-electron chi connectivity index (χ0n) is 9.56. The molecule has 2 rings (SSSR count). The van der Waals surface area contributed by atoms with E-state index in [4.69, 9.17) is 11.6 Å². The minimum atomic E-state index is -0.428. The van der Waals surface area contributed by atoms with Crippen molar-refractivity contribution in [2.75, 3.05) is 0 Å². The molecule has 0 aliphatic carbocycles. The van der Waals surface area contributed by atoms with Gasteiger partial charge in [-0.15, -0.1) is 0 Å². The van der Waals surface area contributed by atoms with Gasteiger partial charge in [-0.3, -0.25) is 13.9 Å². The third-order valence-corrected chi connectivity index (χ3v) is 3.72. The van der Waals surface area contributed by atoms with Gasteiger partial charge in [-0.25, -0.2) is 4.79 Å². The normalized spacial score (nSPS) is 10.6. The number of rotatable bonds is 2. The molecule has 0 spiro atoms. The van der Waals surface area contributed by atoms with Gasteiger partial charge in [-0.2, -0.15) is 0 Å². The Balaban J connectivity index is 2.55. The van der Waals surface area contributed by atoms with Gasteiger partial charge in [-0.05, 0) is 11.6 Å². The van der Waals surface area contributed by atoms with Crippen molar-refractivity contribution in [3.8, 4) is 0 Å². The Kier molecular flexibility index (Phi) is 3.73. The van der Waals surface area contributed by atoms with E-state index in [0.29, 0.717) is 6.54 Å². The van der Waals surface area contributed by atoms with Gasteiger partial charge in [0.05, 0.1) is 6.54 Å². The lowest BCUT2D eigenvalue weighted by atomic mass is 10.2. The van der Waals surface area contributed by atoms with Gasteiger partial charge in [0.25, 0.3) is 5.56 Å². The molecule has 0 unspecified atom stereocenters. The van der Waals surface area contributed by atoms with Crippen molar-refractivity contribution >= 4 is 27.5 Å². The fourth-order valence-electron chi connectivity index (χ4n) is 1.58. The van der Waals surface area contributed by atoms with E-state index in [-0.39, 0.29) is 5.15 Å². The van der Waals surface area contributed by atoms with E-state index < -0.39 is 11.2 Å². The maximum atomic E-state index is 12.0. The molecule has 0 aliphatic rings. The fourth-order valence-corrected chi connectivity index (χ4v) is 2.22. The second kappa shape index (κ2) is 5.12.